The molecule has 1 aliphatic heterocycles. The molecule has 0 aromatic heterocycles. The predicted octanol–water partition coefficient (Wildman–Crippen LogP) is 2.81. The van der Waals surface area contributed by atoms with Crippen molar-refractivity contribution in [3.8, 4) is 0 Å². The van der Waals surface area contributed by atoms with Crippen LogP contribution in [0.4, 0.5) is 0 Å². The zero-order chi connectivity index (χ0) is 17.3. The zero-order valence-corrected chi connectivity index (χ0v) is 15.5. The van der Waals surface area contributed by atoms with Crippen LogP contribution in [0, 0.1) is 5.92 Å². The Bertz CT molecular complexity index is 735. The minimum absolute atomic E-state index is 0.0260. The Kier molecular flexibility index (Phi) is 5.39. The fourth-order valence-corrected chi connectivity index (χ4v) is 5.08. The summed E-state index contributed by atoms with van der Waals surface area (Å²) in [6.07, 6.45) is 3.47. The predicted molar refractivity (Wildman–Crippen MR) is 94.5 cm³/mol. The van der Waals surface area contributed by atoms with Crippen LogP contribution >= 0.6 is 23.2 Å². The molecule has 1 saturated heterocycles. The summed E-state index contributed by atoms with van der Waals surface area (Å²) in [6.45, 7) is 0.687. The smallest absolute Gasteiger partial charge is 0.224 e. The number of piperidine rings is 1. The van der Waals surface area contributed by atoms with Gasteiger partial charge in [0.1, 0.15) is 0 Å². The lowest BCUT2D eigenvalue weighted by Gasteiger charge is -2.31. The lowest BCUT2D eigenvalue weighted by Crippen LogP contribution is -2.46. The average molecular weight is 391 g/mol. The van der Waals surface area contributed by atoms with E-state index in [0.717, 1.165) is 19.3 Å². The molecule has 1 saturated carbocycles. The summed E-state index contributed by atoms with van der Waals surface area (Å²) >= 11 is 11.9. The number of nitrogens with one attached hydrogen (secondary N) is 1. The summed E-state index contributed by atoms with van der Waals surface area (Å²) in [5.41, 5.74) is 0.519. The van der Waals surface area contributed by atoms with Crippen LogP contribution in [0.1, 0.15) is 31.2 Å². The van der Waals surface area contributed by atoms with E-state index in [0.29, 0.717) is 28.6 Å². The molecule has 8 heteroatoms. The molecular weight excluding hydrogens is 371 g/mol. The molecule has 1 aliphatic carbocycles. The average Bonchev–Trinajstić information content (AvgIpc) is 3.34. The number of sulfonamides is 1. The standard InChI is InChI=1S/C16H20Cl2N2O3S/c17-13-4-3-12(15(18)8-13)10-24(22,23)20-7-1-2-11(9-20)16(21)19-14-5-6-14/h3-4,8,11,14H,1-2,5-7,9-10H2,(H,19,21)/t11-/m0/s1. The Morgan fingerprint density at radius 1 is 1.25 bits per heavy atom. The van der Waals surface area contributed by atoms with Crippen LogP contribution in [0.2, 0.25) is 10.0 Å². The maximum atomic E-state index is 12.7. The molecule has 0 bridgehead atoms. The van der Waals surface area contributed by atoms with Crippen LogP contribution in [-0.2, 0) is 20.6 Å². The van der Waals surface area contributed by atoms with Crippen molar-refractivity contribution in [3.05, 3.63) is 33.8 Å². The molecule has 1 aromatic rings. The molecule has 2 aliphatic rings. The van der Waals surface area contributed by atoms with Gasteiger partial charge in [0.2, 0.25) is 15.9 Å². The summed E-state index contributed by atoms with van der Waals surface area (Å²) in [4.78, 5) is 12.2. The maximum absolute atomic E-state index is 12.7. The number of hydrogen-bond donors (Lipinski definition) is 1. The third-order valence-electron chi connectivity index (χ3n) is 4.43. The van der Waals surface area contributed by atoms with Crippen molar-refractivity contribution in [2.45, 2.75) is 37.5 Å². The van der Waals surface area contributed by atoms with Crippen molar-refractivity contribution in [2.24, 2.45) is 5.92 Å². The van der Waals surface area contributed by atoms with Gasteiger partial charge in [-0.25, -0.2) is 12.7 Å². The highest BCUT2D eigenvalue weighted by atomic mass is 35.5. The fourth-order valence-electron chi connectivity index (χ4n) is 2.88. The van der Waals surface area contributed by atoms with E-state index in [9.17, 15) is 13.2 Å². The first-order valence-corrected chi connectivity index (χ1v) is 10.4. The second kappa shape index (κ2) is 7.20. The van der Waals surface area contributed by atoms with Crippen LogP contribution in [0.25, 0.3) is 0 Å². The highest BCUT2D eigenvalue weighted by Gasteiger charge is 2.34. The second-order valence-corrected chi connectivity index (χ2v) is 9.28. The third kappa shape index (κ3) is 4.42. The van der Waals surface area contributed by atoms with Crippen LogP contribution in [0.5, 0.6) is 0 Å². The first-order valence-electron chi connectivity index (χ1n) is 8.07. The van der Waals surface area contributed by atoms with E-state index in [4.69, 9.17) is 23.2 Å². The van der Waals surface area contributed by atoms with Crippen LogP contribution < -0.4 is 5.32 Å². The third-order valence-corrected chi connectivity index (χ3v) is 6.81. The first-order chi connectivity index (χ1) is 11.3. The molecule has 2 fully saturated rings. The molecule has 1 aromatic carbocycles. The molecule has 1 N–H and O–H groups in total. The highest BCUT2D eigenvalue weighted by Crippen LogP contribution is 2.27. The van der Waals surface area contributed by atoms with E-state index in [1.165, 1.54) is 10.4 Å². The van der Waals surface area contributed by atoms with Gasteiger partial charge in [0.25, 0.3) is 0 Å². The van der Waals surface area contributed by atoms with E-state index in [-0.39, 0.29) is 30.2 Å². The van der Waals surface area contributed by atoms with Gasteiger partial charge in [-0.05, 0) is 43.4 Å². The molecule has 1 amide bonds. The molecule has 0 unspecified atom stereocenters. The van der Waals surface area contributed by atoms with Crippen LogP contribution in [0.3, 0.4) is 0 Å². The van der Waals surface area contributed by atoms with E-state index in [1.807, 2.05) is 0 Å². The van der Waals surface area contributed by atoms with Crippen molar-refractivity contribution < 1.29 is 13.2 Å². The highest BCUT2D eigenvalue weighted by molar-refractivity contribution is 7.88. The minimum Gasteiger partial charge on any atom is -0.353 e. The summed E-state index contributed by atoms with van der Waals surface area (Å²) in [5.74, 6) is -0.475. The lowest BCUT2D eigenvalue weighted by molar-refractivity contribution is -0.126. The minimum atomic E-state index is -3.53. The van der Waals surface area contributed by atoms with Gasteiger partial charge in [0.05, 0.1) is 11.7 Å². The summed E-state index contributed by atoms with van der Waals surface area (Å²) < 4.78 is 26.8. The molecule has 0 spiro atoms. The Morgan fingerprint density at radius 2 is 2.00 bits per heavy atom. The fraction of sp³-hybridized carbons (Fsp3) is 0.562. The number of benzene rings is 1. The number of nitrogens with zero attached hydrogens (tertiary/aromatic N) is 1. The van der Waals surface area contributed by atoms with Gasteiger partial charge in [-0.3, -0.25) is 4.79 Å². The van der Waals surface area contributed by atoms with Gasteiger partial charge in [0, 0.05) is 29.2 Å². The molecule has 3 rings (SSSR count). The molecule has 1 heterocycles. The van der Waals surface area contributed by atoms with Crippen molar-refractivity contribution in [2.75, 3.05) is 13.1 Å². The number of rotatable bonds is 5. The largest absolute Gasteiger partial charge is 0.353 e. The first kappa shape index (κ1) is 18.0. The van der Waals surface area contributed by atoms with Gasteiger partial charge >= 0.3 is 0 Å². The summed E-state index contributed by atoms with van der Waals surface area (Å²) in [7, 11) is -3.53. The quantitative estimate of drug-likeness (QED) is 0.840. The van der Waals surface area contributed by atoms with Crippen LogP contribution in [-0.4, -0.2) is 37.8 Å². The second-order valence-electron chi connectivity index (χ2n) is 6.47. The van der Waals surface area contributed by atoms with E-state index in [2.05, 4.69) is 5.32 Å². The number of halogens is 2. The Hall–Kier alpha value is -0.820. The van der Waals surface area contributed by atoms with Gasteiger partial charge in [-0.2, -0.15) is 0 Å². The Morgan fingerprint density at radius 3 is 2.67 bits per heavy atom. The topological polar surface area (TPSA) is 66.5 Å². The molecular formula is C16H20Cl2N2O3S. The monoisotopic (exact) mass is 390 g/mol. The normalized spacial score (nSPS) is 22.3. The van der Waals surface area contributed by atoms with Crippen molar-refractivity contribution in [3.63, 3.8) is 0 Å². The summed E-state index contributed by atoms with van der Waals surface area (Å²) in [5, 5.41) is 3.77. The van der Waals surface area contributed by atoms with E-state index < -0.39 is 10.0 Å². The van der Waals surface area contributed by atoms with Gasteiger partial charge in [-0.15, -0.1) is 0 Å². The zero-order valence-electron chi connectivity index (χ0n) is 13.2. The molecule has 1 atom stereocenters. The van der Waals surface area contributed by atoms with Crippen molar-refractivity contribution >= 4 is 39.1 Å². The number of amides is 1. The molecule has 5 nitrogen and oxygen atoms in total. The molecule has 0 radical (unpaired) electrons. The molecule has 132 valence electrons. The van der Waals surface area contributed by atoms with E-state index >= 15 is 0 Å². The maximum Gasteiger partial charge on any atom is 0.224 e. The molecule has 24 heavy (non-hydrogen) atoms. The van der Waals surface area contributed by atoms with Crippen molar-refractivity contribution in [1.82, 2.24) is 9.62 Å². The summed E-state index contributed by atoms with van der Waals surface area (Å²) in [6, 6.07) is 5.08. The number of carbonyl (C=O) groups is 1. The van der Waals surface area contributed by atoms with Gasteiger partial charge in [0.15, 0.2) is 0 Å². The van der Waals surface area contributed by atoms with Crippen LogP contribution in [0.15, 0.2) is 18.2 Å². The Labute approximate surface area is 152 Å². The number of hydrogen-bond acceptors (Lipinski definition) is 3. The van der Waals surface area contributed by atoms with E-state index in [1.54, 1.807) is 12.1 Å². The SMILES string of the molecule is O=C(NC1CC1)[C@H]1CCCN(S(=O)(=O)Cc2ccc(Cl)cc2Cl)C1. The lowest BCUT2D eigenvalue weighted by atomic mass is 9.99. The Balaban J connectivity index is 1.67. The van der Waals surface area contributed by atoms with Gasteiger partial charge in [-0.1, -0.05) is 29.3 Å². The number of carbonyl (C=O) groups excluding carboxylic acids is 1. The van der Waals surface area contributed by atoms with Gasteiger partial charge < -0.3 is 5.32 Å². The van der Waals surface area contributed by atoms with Crippen molar-refractivity contribution in [1.29, 1.82) is 0 Å².